The van der Waals surface area contributed by atoms with Gasteiger partial charge in [-0.15, -0.1) is 0 Å². The van der Waals surface area contributed by atoms with Crippen LogP contribution >= 0.6 is 11.6 Å². The van der Waals surface area contributed by atoms with E-state index in [1.165, 1.54) is 6.92 Å². The zero-order valence-electron chi connectivity index (χ0n) is 9.42. The summed E-state index contributed by atoms with van der Waals surface area (Å²) in [5.74, 6) is 0.00282. The number of rotatable bonds is 2. The molecule has 6 nitrogen and oxygen atoms in total. The third-order valence-corrected chi connectivity index (χ3v) is 2.63. The predicted molar refractivity (Wildman–Crippen MR) is 68.3 cm³/mol. The van der Waals surface area contributed by atoms with Gasteiger partial charge < -0.3 is 5.73 Å². The van der Waals surface area contributed by atoms with Crippen LogP contribution in [0.1, 0.15) is 5.69 Å². The van der Waals surface area contributed by atoms with Gasteiger partial charge in [-0.2, -0.15) is 0 Å². The van der Waals surface area contributed by atoms with Crippen LogP contribution in [0, 0.1) is 17.0 Å². The van der Waals surface area contributed by atoms with Crippen molar-refractivity contribution in [2.75, 3.05) is 5.73 Å². The lowest BCUT2D eigenvalue weighted by atomic mass is 10.1. The largest absolute Gasteiger partial charge is 0.368 e. The summed E-state index contributed by atoms with van der Waals surface area (Å²) in [5.41, 5.74) is 6.38. The molecule has 0 atom stereocenters. The summed E-state index contributed by atoms with van der Waals surface area (Å²) in [5, 5.41) is 11.6. The SMILES string of the molecule is Cc1nc(N)nc(-c2ccc(Cl)cc2)c1[N+](=O)[O-]. The minimum atomic E-state index is -0.515. The van der Waals surface area contributed by atoms with Crippen molar-refractivity contribution >= 4 is 23.2 Å². The molecule has 0 aliphatic carbocycles. The highest BCUT2D eigenvalue weighted by Gasteiger charge is 2.22. The van der Waals surface area contributed by atoms with Crippen LogP contribution in [0.3, 0.4) is 0 Å². The van der Waals surface area contributed by atoms with Crippen molar-refractivity contribution < 1.29 is 4.92 Å². The van der Waals surface area contributed by atoms with E-state index in [0.717, 1.165) is 0 Å². The van der Waals surface area contributed by atoms with Gasteiger partial charge in [-0.05, 0) is 19.1 Å². The average molecular weight is 265 g/mol. The molecule has 0 bridgehead atoms. The van der Waals surface area contributed by atoms with E-state index in [0.29, 0.717) is 10.6 Å². The number of anilines is 1. The minimum absolute atomic E-state index is 0.00282. The second kappa shape index (κ2) is 4.58. The van der Waals surface area contributed by atoms with E-state index < -0.39 is 4.92 Å². The normalized spacial score (nSPS) is 10.3. The topological polar surface area (TPSA) is 94.9 Å². The number of hydrogen-bond donors (Lipinski definition) is 1. The first-order valence-electron chi connectivity index (χ1n) is 5.03. The number of nitro groups is 1. The molecule has 0 saturated carbocycles. The van der Waals surface area contributed by atoms with Crippen molar-refractivity contribution in [3.05, 3.63) is 45.1 Å². The maximum Gasteiger partial charge on any atom is 0.316 e. The van der Waals surface area contributed by atoms with Gasteiger partial charge in [-0.1, -0.05) is 23.7 Å². The lowest BCUT2D eigenvalue weighted by Gasteiger charge is -2.05. The molecule has 1 aromatic carbocycles. The summed E-state index contributed by atoms with van der Waals surface area (Å²) in [6.45, 7) is 1.52. The van der Waals surface area contributed by atoms with Crippen LogP contribution in [0.25, 0.3) is 11.3 Å². The number of aromatic nitrogens is 2. The molecule has 0 aliphatic heterocycles. The van der Waals surface area contributed by atoms with Crippen LogP contribution in [0.2, 0.25) is 5.02 Å². The Balaban J connectivity index is 2.69. The van der Waals surface area contributed by atoms with E-state index in [1.54, 1.807) is 24.3 Å². The smallest absolute Gasteiger partial charge is 0.316 e. The Hall–Kier alpha value is -2.21. The first-order valence-corrected chi connectivity index (χ1v) is 5.41. The molecule has 2 rings (SSSR count). The highest BCUT2D eigenvalue weighted by molar-refractivity contribution is 6.30. The predicted octanol–water partition coefficient (Wildman–Crippen LogP) is 2.60. The van der Waals surface area contributed by atoms with Crippen molar-refractivity contribution in [3.8, 4) is 11.3 Å². The van der Waals surface area contributed by atoms with Gasteiger partial charge in [-0.25, -0.2) is 9.97 Å². The Kier molecular flexibility index (Phi) is 3.12. The van der Waals surface area contributed by atoms with Crippen LogP contribution in [-0.4, -0.2) is 14.9 Å². The first kappa shape index (κ1) is 12.3. The van der Waals surface area contributed by atoms with E-state index in [9.17, 15) is 10.1 Å². The van der Waals surface area contributed by atoms with Gasteiger partial charge in [0.05, 0.1) is 4.92 Å². The zero-order chi connectivity index (χ0) is 13.3. The maximum absolute atomic E-state index is 11.1. The third kappa shape index (κ3) is 2.23. The van der Waals surface area contributed by atoms with Crippen LogP contribution in [0.15, 0.2) is 24.3 Å². The van der Waals surface area contributed by atoms with E-state index in [4.69, 9.17) is 17.3 Å². The molecule has 92 valence electrons. The number of nitrogens with two attached hydrogens (primary N) is 1. The molecule has 7 heteroatoms. The van der Waals surface area contributed by atoms with Crippen molar-refractivity contribution in [2.24, 2.45) is 0 Å². The summed E-state index contributed by atoms with van der Waals surface area (Å²) < 4.78 is 0. The summed E-state index contributed by atoms with van der Waals surface area (Å²) in [6.07, 6.45) is 0. The Bertz CT molecular complexity index is 613. The number of hydrogen-bond acceptors (Lipinski definition) is 5. The first-order chi connectivity index (χ1) is 8.49. The zero-order valence-corrected chi connectivity index (χ0v) is 10.2. The van der Waals surface area contributed by atoms with Gasteiger partial charge in [0, 0.05) is 10.6 Å². The van der Waals surface area contributed by atoms with Gasteiger partial charge in [0.15, 0.2) is 5.69 Å². The second-order valence-electron chi connectivity index (χ2n) is 3.63. The molecule has 0 radical (unpaired) electrons. The molecule has 0 aliphatic rings. The van der Waals surface area contributed by atoms with Gasteiger partial charge in [0.2, 0.25) is 5.95 Å². The number of benzene rings is 1. The Morgan fingerprint density at radius 2 is 1.89 bits per heavy atom. The van der Waals surface area contributed by atoms with Crippen molar-refractivity contribution in [1.82, 2.24) is 9.97 Å². The summed E-state index contributed by atoms with van der Waals surface area (Å²) in [6, 6.07) is 6.57. The fourth-order valence-electron chi connectivity index (χ4n) is 1.62. The van der Waals surface area contributed by atoms with Crippen LogP contribution in [0.5, 0.6) is 0 Å². The van der Waals surface area contributed by atoms with E-state index in [-0.39, 0.29) is 23.0 Å². The summed E-state index contributed by atoms with van der Waals surface area (Å²) in [7, 11) is 0. The maximum atomic E-state index is 11.1. The van der Waals surface area contributed by atoms with Crippen molar-refractivity contribution in [2.45, 2.75) is 6.92 Å². The summed E-state index contributed by atoms with van der Waals surface area (Å²) >= 11 is 5.77. The van der Waals surface area contributed by atoms with E-state index in [2.05, 4.69) is 9.97 Å². The van der Waals surface area contributed by atoms with Crippen molar-refractivity contribution in [1.29, 1.82) is 0 Å². The molecule has 1 aromatic heterocycles. The molecule has 0 spiro atoms. The quantitative estimate of drug-likeness (QED) is 0.664. The molecule has 0 saturated heterocycles. The molecule has 0 unspecified atom stereocenters. The number of nitrogen functional groups attached to an aromatic ring is 1. The van der Waals surface area contributed by atoms with Gasteiger partial charge >= 0.3 is 5.69 Å². The van der Waals surface area contributed by atoms with Gasteiger partial charge in [0.25, 0.3) is 0 Å². The van der Waals surface area contributed by atoms with Crippen molar-refractivity contribution in [3.63, 3.8) is 0 Å². The molecule has 18 heavy (non-hydrogen) atoms. The Labute approximate surface area is 108 Å². The van der Waals surface area contributed by atoms with Crippen LogP contribution in [0.4, 0.5) is 11.6 Å². The number of nitrogens with zero attached hydrogens (tertiary/aromatic N) is 3. The molecule has 2 aromatic rings. The Morgan fingerprint density at radius 1 is 1.28 bits per heavy atom. The van der Waals surface area contributed by atoms with Gasteiger partial charge in [0.1, 0.15) is 5.69 Å². The molecule has 2 N–H and O–H groups in total. The fraction of sp³-hybridized carbons (Fsp3) is 0.0909. The standard InChI is InChI=1S/C11H9ClN4O2/c1-6-10(16(17)18)9(15-11(13)14-6)7-2-4-8(12)5-3-7/h2-5H,1H3,(H2,13,14,15). The lowest BCUT2D eigenvalue weighted by molar-refractivity contribution is -0.385. The molecular weight excluding hydrogens is 256 g/mol. The number of halogens is 1. The minimum Gasteiger partial charge on any atom is -0.368 e. The third-order valence-electron chi connectivity index (χ3n) is 2.38. The highest BCUT2D eigenvalue weighted by atomic mass is 35.5. The molecule has 0 fully saturated rings. The van der Waals surface area contributed by atoms with Crippen LogP contribution in [-0.2, 0) is 0 Å². The molecular formula is C11H9ClN4O2. The second-order valence-corrected chi connectivity index (χ2v) is 4.06. The van der Waals surface area contributed by atoms with Gasteiger partial charge in [-0.3, -0.25) is 10.1 Å². The van der Waals surface area contributed by atoms with E-state index >= 15 is 0 Å². The molecule has 1 heterocycles. The Morgan fingerprint density at radius 3 is 2.44 bits per heavy atom. The monoisotopic (exact) mass is 264 g/mol. The van der Waals surface area contributed by atoms with E-state index in [1.807, 2.05) is 0 Å². The lowest BCUT2D eigenvalue weighted by Crippen LogP contribution is -2.04. The van der Waals surface area contributed by atoms with Crippen LogP contribution < -0.4 is 5.73 Å². The molecule has 0 amide bonds. The summed E-state index contributed by atoms with van der Waals surface area (Å²) in [4.78, 5) is 18.3. The number of aryl methyl sites for hydroxylation is 1. The highest BCUT2D eigenvalue weighted by Crippen LogP contribution is 2.31. The average Bonchev–Trinajstić information content (AvgIpc) is 2.28. The fourth-order valence-corrected chi connectivity index (χ4v) is 1.74.